The van der Waals surface area contributed by atoms with Crippen LogP contribution in [0.3, 0.4) is 0 Å². The first kappa shape index (κ1) is 18.2. The third-order valence-corrected chi connectivity index (χ3v) is 5.26. The van der Waals surface area contributed by atoms with E-state index in [0.717, 1.165) is 76.8 Å². The summed E-state index contributed by atoms with van der Waals surface area (Å²) in [7, 11) is 0. The number of hydrogen-bond donors (Lipinski definition) is 1. The fourth-order valence-corrected chi connectivity index (χ4v) is 3.90. The molecule has 0 unspecified atom stereocenters. The van der Waals surface area contributed by atoms with Crippen LogP contribution in [0.5, 0.6) is 0 Å². The van der Waals surface area contributed by atoms with Gasteiger partial charge in [0.25, 0.3) is 0 Å². The fraction of sp³-hybridized carbons (Fsp3) is 0.889. The highest BCUT2D eigenvalue weighted by Gasteiger charge is 2.31. The zero-order valence-corrected chi connectivity index (χ0v) is 14.9. The van der Waals surface area contributed by atoms with Crippen molar-refractivity contribution in [1.29, 1.82) is 0 Å². The van der Waals surface area contributed by atoms with E-state index in [9.17, 15) is 9.59 Å². The average Bonchev–Trinajstić information content (AvgIpc) is 2.90. The van der Waals surface area contributed by atoms with Crippen molar-refractivity contribution >= 4 is 11.8 Å². The first-order chi connectivity index (χ1) is 11.2. The molecular formula is C18H33N3O2. The van der Waals surface area contributed by atoms with E-state index in [0.29, 0.717) is 12.8 Å². The first-order valence-corrected chi connectivity index (χ1v) is 9.42. The lowest BCUT2D eigenvalue weighted by molar-refractivity contribution is -0.137. The molecule has 0 aromatic carbocycles. The summed E-state index contributed by atoms with van der Waals surface area (Å²) in [4.78, 5) is 28.6. The number of fused-ring (bicyclic) bond motifs is 1. The molecule has 2 aliphatic heterocycles. The van der Waals surface area contributed by atoms with E-state index in [-0.39, 0.29) is 11.8 Å². The fourth-order valence-electron chi connectivity index (χ4n) is 3.90. The predicted molar refractivity (Wildman–Crippen MR) is 92.1 cm³/mol. The number of rotatable bonds is 7. The summed E-state index contributed by atoms with van der Waals surface area (Å²) in [5, 5.41) is 3.46. The van der Waals surface area contributed by atoms with E-state index in [1.807, 2.05) is 9.80 Å². The molecule has 5 nitrogen and oxygen atoms in total. The molecule has 2 rings (SSSR count). The molecule has 0 aromatic rings. The van der Waals surface area contributed by atoms with E-state index in [2.05, 4.69) is 19.2 Å². The molecule has 132 valence electrons. The van der Waals surface area contributed by atoms with Gasteiger partial charge in [0.1, 0.15) is 0 Å². The lowest BCUT2D eigenvalue weighted by Gasteiger charge is -2.23. The molecule has 5 heteroatoms. The minimum atomic E-state index is 0.137. The van der Waals surface area contributed by atoms with Crippen molar-refractivity contribution in [3.8, 4) is 0 Å². The van der Waals surface area contributed by atoms with Crippen LogP contribution in [-0.2, 0) is 9.59 Å². The lowest BCUT2D eigenvalue weighted by Crippen LogP contribution is -2.36. The van der Waals surface area contributed by atoms with Crippen molar-refractivity contribution in [2.45, 2.75) is 52.4 Å². The van der Waals surface area contributed by atoms with Crippen LogP contribution < -0.4 is 5.32 Å². The van der Waals surface area contributed by atoms with E-state index in [1.165, 1.54) is 0 Å². The molecule has 2 saturated heterocycles. The Hall–Kier alpha value is -1.10. The largest absolute Gasteiger partial charge is 0.343 e. The number of carbonyl (C=O) groups is 2. The molecule has 2 heterocycles. The third kappa shape index (κ3) is 5.20. The zero-order chi connectivity index (χ0) is 16.7. The van der Waals surface area contributed by atoms with E-state index in [1.54, 1.807) is 0 Å². The Bertz CT molecular complexity index is 380. The van der Waals surface area contributed by atoms with Crippen molar-refractivity contribution < 1.29 is 9.59 Å². The predicted octanol–water partition coefficient (Wildman–Crippen LogP) is 1.87. The Morgan fingerprint density at radius 1 is 1.00 bits per heavy atom. The minimum Gasteiger partial charge on any atom is -0.343 e. The van der Waals surface area contributed by atoms with Gasteiger partial charge in [-0.15, -0.1) is 0 Å². The summed E-state index contributed by atoms with van der Waals surface area (Å²) < 4.78 is 0. The van der Waals surface area contributed by atoms with Crippen LogP contribution in [0.1, 0.15) is 52.4 Å². The number of amides is 2. The quantitative estimate of drug-likeness (QED) is 0.778. The molecule has 0 aliphatic carbocycles. The van der Waals surface area contributed by atoms with Crippen LogP contribution in [0.15, 0.2) is 0 Å². The molecule has 0 bridgehead atoms. The van der Waals surface area contributed by atoms with E-state index in [4.69, 9.17) is 0 Å². The van der Waals surface area contributed by atoms with Gasteiger partial charge >= 0.3 is 0 Å². The van der Waals surface area contributed by atoms with Crippen molar-refractivity contribution in [1.82, 2.24) is 15.1 Å². The van der Waals surface area contributed by atoms with Gasteiger partial charge in [-0.3, -0.25) is 9.59 Å². The lowest BCUT2D eigenvalue weighted by atomic mass is 9.92. The van der Waals surface area contributed by atoms with E-state index >= 15 is 0 Å². The maximum absolute atomic E-state index is 12.5. The average molecular weight is 323 g/mol. The highest BCUT2D eigenvalue weighted by molar-refractivity contribution is 5.83. The summed E-state index contributed by atoms with van der Waals surface area (Å²) in [6.45, 7) is 9.73. The third-order valence-electron chi connectivity index (χ3n) is 5.26. The Morgan fingerprint density at radius 2 is 1.57 bits per heavy atom. The van der Waals surface area contributed by atoms with Gasteiger partial charge in [0, 0.05) is 39.0 Å². The van der Waals surface area contributed by atoms with Crippen LogP contribution in [0.2, 0.25) is 0 Å². The van der Waals surface area contributed by atoms with Crippen molar-refractivity contribution in [2.75, 3.05) is 39.3 Å². The van der Waals surface area contributed by atoms with Gasteiger partial charge < -0.3 is 15.1 Å². The summed E-state index contributed by atoms with van der Waals surface area (Å²) in [5.74, 6) is 1.77. The van der Waals surface area contributed by atoms with Gasteiger partial charge in [-0.05, 0) is 50.6 Å². The van der Waals surface area contributed by atoms with Crippen LogP contribution in [0.4, 0.5) is 0 Å². The highest BCUT2D eigenvalue weighted by Crippen LogP contribution is 2.27. The maximum atomic E-state index is 12.5. The van der Waals surface area contributed by atoms with Gasteiger partial charge in [-0.25, -0.2) is 0 Å². The van der Waals surface area contributed by atoms with Gasteiger partial charge in [-0.2, -0.15) is 0 Å². The second-order valence-electron chi connectivity index (χ2n) is 7.02. The standard InChI is InChI=1S/C18H33N3O2/c1-3-9-20(10-4-2)17(22)5-6-18(23)21-11-7-15-13-19-14-16(15)8-12-21/h15-16,19H,3-14H2,1-2H3/t15-,16+. The maximum Gasteiger partial charge on any atom is 0.223 e. The van der Waals surface area contributed by atoms with Crippen molar-refractivity contribution in [3.63, 3.8) is 0 Å². The molecule has 2 fully saturated rings. The first-order valence-electron chi connectivity index (χ1n) is 9.42. The van der Waals surface area contributed by atoms with Crippen molar-refractivity contribution in [2.24, 2.45) is 11.8 Å². The molecule has 0 aromatic heterocycles. The summed E-state index contributed by atoms with van der Waals surface area (Å²) >= 11 is 0. The molecule has 0 saturated carbocycles. The molecule has 2 amide bonds. The second-order valence-corrected chi connectivity index (χ2v) is 7.02. The molecule has 0 spiro atoms. The number of hydrogen-bond acceptors (Lipinski definition) is 3. The van der Waals surface area contributed by atoms with Crippen LogP contribution in [0.25, 0.3) is 0 Å². The molecule has 23 heavy (non-hydrogen) atoms. The molecule has 1 N–H and O–H groups in total. The SMILES string of the molecule is CCCN(CCC)C(=O)CCC(=O)N1CC[C@@H]2CNC[C@@H]2CC1. The number of likely N-dealkylation sites (tertiary alicyclic amines) is 1. The monoisotopic (exact) mass is 323 g/mol. The van der Waals surface area contributed by atoms with Gasteiger partial charge in [-0.1, -0.05) is 13.8 Å². The summed E-state index contributed by atoms with van der Waals surface area (Å²) in [5.41, 5.74) is 0. The normalized spacial score (nSPS) is 24.2. The topological polar surface area (TPSA) is 52.7 Å². The molecule has 0 radical (unpaired) electrons. The summed E-state index contributed by atoms with van der Waals surface area (Å²) in [6.07, 6.45) is 4.90. The van der Waals surface area contributed by atoms with Crippen molar-refractivity contribution in [3.05, 3.63) is 0 Å². The number of carbonyl (C=O) groups excluding carboxylic acids is 2. The van der Waals surface area contributed by atoms with Gasteiger partial charge in [0.05, 0.1) is 0 Å². The van der Waals surface area contributed by atoms with Gasteiger partial charge in [0.2, 0.25) is 11.8 Å². The van der Waals surface area contributed by atoms with Crippen LogP contribution >= 0.6 is 0 Å². The Morgan fingerprint density at radius 3 is 2.09 bits per heavy atom. The highest BCUT2D eigenvalue weighted by atomic mass is 16.2. The zero-order valence-electron chi connectivity index (χ0n) is 14.9. The molecule has 2 atom stereocenters. The van der Waals surface area contributed by atoms with Gasteiger partial charge in [0.15, 0.2) is 0 Å². The van der Waals surface area contributed by atoms with E-state index < -0.39 is 0 Å². The smallest absolute Gasteiger partial charge is 0.223 e. The number of nitrogens with one attached hydrogen (secondary N) is 1. The molecule has 2 aliphatic rings. The second kappa shape index (κ2) is 9.26. The van der Waals surface area contributed by atoms with Crippen LogP contribution in [-0.4, -0.2) is 60.9 Å². The minimum absolute atomic E-state index is 0.137. The Kier molecular flexibility index (Phi) is 7.34. The van der Waals surface area contributed by atoms with Crippen LogP contribution in [0, 0.1) is 11.8 Å². The molecular weight excluding hydrogens is 290 g/mol. The summed E-state index contributed by atoms with van der Waals surface area (Å²) in [6, 6.07) is 0. The Balaban J connectivity index is 1.76. The number of nitrogens with zero attached hydrogens (tertiary/aromatic N) is 2. The Labute approximate surface area is 140 Å².